The standard InChI is InChI=1S/C14H27N3O2/c1-5-15-13(18)12(10(3)4)17(6-2)14(19)11-8-7-9-16-11/h10-12,16H,5-9H2,1-4H3,(H,15,18)/t11-,12+/m0/s1. The molecule has 0 aromatic carbocycles. The molecule has 0 aromatic heterocycles. The Bertz CT molecular complexity index is 312. The fraction of sp³-hybridized carbons (Fsp3) is 0.857. The van der Waals surface area contributed by atoms with Crippen molar-refractivity contribution in [2.75, 3.05) is 19.6 Å². The van der Waals surface area contributed by atoms with E-state index in [-0.39, 0.29) is 29.8 Å². The maximum absolute atomic E-state index is 12.5. The SMILES string of the molecule is CCNC(=O)[C@@H](C(C)C)N(CC)C(=O)[C@@H]1CCCN1. The number of carbonyl (C=O) groups is 2. The summed E-state index contributed by atoms with van der Waals surface area (Å²) in [6.45, 7) is 9.84. The molecule has 2 N–H and O–H groups in total. The lowest BCUT2D eigenvalue weighted by atomic mass is 10.00. The van der Waals surface area contributed by atoms with Crippen molar-refractivity contribution in [2.24, 2.45) is 5.92 Å². The molecule has 1 fully saturated rings. The van der Waals surface area contributed by atoms with E-state index in [0.717, 1.165) is 19.4 Å². The molecule has 1 aliphatic rings. The third kappa shape index (κ3) is 3.93. The van der Waals surface area contributed by atoms with Gasteiger partial charge in [0.25, 0.3) is 0 Å². The highest BCUT2D eigenvalue weighted by molar-refractivity contribution is 5.90. The second-order valence-corrected chi connectivity index (χ2v) is 5.36. The van der Waals surface area contributed by atoms with Gasteiger partial charge in [-0.3, -0.25) is 9.59 Å². The van der Waals surface area contributed by atoms with Gasteiger partial charge in [-0.1, -0.05) is 13.8 Å². The van der Waals surface area contributed by atoms with Crippen molar-refractivity contribution >= 4 is 11.8 Å². The highest BCUT2D eigenvalue weighted by Crippen LogP contribution is 2.16. The Kier molecular flexibility index (Phi) is 6.28. The Morgan fingerprint density at radius 2 is 2.05 bits per heavy atom. The Morgan fingerprint density at radius 3 is 2.47 bits per heavy atom. The summed E-state index contributed by atoms with van der Waals surface area (Å²) in [5.41, 5.74) is 0. The van der Waals surface area contributed by atoms with Crippen molar-refractivity contribution in [3.05, 3.63) is 0 Å². The first-order valence-corrected chi connectivity index (χ1v) is 7.34. The summed E-state index contributed by atoms with van der Waals surface area (Å²) >= 11 is 0. The highest BCUT2D eigenvalue weighted by atomic mass is 16.2. The van der Waals surface area contributed by atoms with E-state index in [1.165, 1.54) is 0 Å². The van der Waals surface area contributed by atoms with Crippen molar-refractivity contribution in [1.29, 1.82) is 0 Å². The molecular formula is C14H27N3O2. The third-order valence-electron chi connectivity index (χ3n) is 3.57. The van der Waals surface area contributed by atoms with Crippen LogP contribution in [0.15, 0.2) is 0 Å². The third-order valence-corrected chi connectivity index (χ3v) is 3.57. The van der Waals surface area contributed by atoms with Crippen molar-refractivity contribution in [3.63, 3.8) is 0 Å². The molecule has 0 bridgehead atoms. The molecule has 5 nitrogen and oxygen atoms in total. The summed E-state index contributed by atoms with van der Waals surface area (Å²) in [6.07, 6.45) is 1.90. The van der Waals surface area contributed by atoms with E-state index < -0.39 is 0 Å². The molecule has 2 amide bonds. The first kappa shape index (κ1) is 16.0. The van der Waals surface area contributed by atoms with Crippen LogP contribution in [0.3, 0.4) is 0 Å². The number of nitrogens with one attached hydrogen (secondary N) is 2. The zero-order valence-electron chi connectivity index (χ0n) is 12.5. The van der Waals surface area contributed by atoms with Crippen LogP contribution in [0.1, 0.15) is 40.5 Å². The van der Waals surface area contributed by atoms with E-state index in [1.807, 2.05) is 27.7 Å². The summed E-state index contributed by atoms with van der Waals surface area (Å²) in [5, 5.41) is 6.05. The van der Waals surface area contributed by atoms with E-state index in [1.54, 1.807) is 4.90 Å². The van der Waals surface area contributed by atoms with E-state index in [4.69, 9.17) is 0 Å². The molecule has 1 aliphatic heterocycles. The van der Waals surface area contributed by atoms with Crippen LogP contribution in [0, 0.1) is 5.92 Å². The Hall–Kier alpha value is -1.10. The smallest absolute Gasteiger partial charge is 0.243 e. The zero-order valence-corrected chi connectivity index (χ0v) is 12.5. The summed E-state index contributed by atoms with van der Waals surface area (Å²) in [4.78, 5) is 26.4. The van der Waals surface area contributed by atoms with Crippen LogP contribution in [-0.2, 0) is 9.59 Å². The molecular weight excluding hydrogens is 242 g/mol. The molecule has 0 unspecified atom stereocenters. The average Bonchev–Trinajstić information content (AvgIpc) is 2.88. The van der Waals surface area contributed by atoms with E-state index in [0.29, 0.717) is 13.1 Å². The van der Waals surface area contributed by atoms with Crippen LogP contribution in [0.25, 0.3) is 0 Å². The van der Waals surface area contributed by atoms with Gasteiger partial charge < -0.3 is 15.5 Å². The van der Waals surface area contributed by atoms with Gasteiger partial charge >= 0.3 is 0 Å². The van der Waals surface area contributed by atoms with Crippen LogP contribution in [0.4, 0.5) is 0 Å². The van der Waals surface area contributed by atoms with Crippen LogP contribution in [0.2, 0.25) is 0 Å². The molecule has 2 atom stereocenters. The van der Waals surface area contributed by atoms with Gasteiger partial charge in [0.1, 0.15) is 6.04 Å². The minimum atomic E-state index is -0.375. The predicted molar refractivity (Wildman–Crippen MR) is 75.7 cm³/mol. The van der Waals surface area contributed by atoms with Gasteiger partial charge in [0.15, 0.2) is 0 Å². The molecule has 19 heavy (non-hydrogen) atoms. The number of amides is 2. The van der Waals surface area contributed by atoms with Gasteiger partial charge in [-0.25, -0.2) is 0 Å². The average molecular weight is 269 g/mol. The van der Waals surface area contributed by atoms with Crippen molar-refractivity contribution in [2.45, 2.75) is 52.6 Å². The van der Waals surface area contributed by atoms with E-state index in [9.17, 15) is 9.59 Å². The van der Waals surface area contributed by atoms with E-state index in [2.05, 4.69) is 10.6 Å². The van der Waals surface area contributed by atoms with Gasteiger partial charge in [0.05, 0.1) is 6.04 Å². The Morgan fingerprint density at radius 1 is 1.37 bits per heavy atom. The highest BCUT2D eigenvalue weighted by Gasteiger charge is 2.35. The molecule has 110 valence electrons. The lowest BCUT2D eigenvalue weighted by Crippen LogP contribution is -2.56. The van der Waals surface area contributed by atoms with Gasteiger partial charge in [-0.15, -0.1) is 0 Å². The van der Waals surface area contributed by atoms with Crippen molar-refractivity contribution in [3.8, 4) is 0 Å². The lowest BCUT2D eigenvalue weighted by Gasteiger charge is -2.34. The number of nitrogens with zero attached hydrogens (tertiary/aromatic N) is 1. The predicted octanol–water partition coefficient (Wildman–Crippen LogP) is 0.748. The minimum absolute atomic E-state index is 0.0503. The van der Waals surface area contributed by atoms with Crippen molar-refractivity contribution in [1.82, 2.24) is 15.5 Å². The number of likely N-dealkylation sites (N-methyl/N-ethyl adjacent to an activating group) is 2. The number of carbonyl (C=O) groups excluding carboxylic acids is 2. The fourth-order valence-electron chi connectivity index (χ4n) is 2.67. The summed E-state index contributed by atoms with van der Waals surface area (Å²) in [7, 11) is 0. The summed E-state index contributed by atoms with van der Waals surface area (Å²) in [5.74, 6) is 0.118. The topological polar surface area (TPSA) is 61.4 Å². The monoisotopic (exact) mass is 269 g/mol. The minimum Gasteiger partial charge on any atom is -0.355 e. The second-order valence-electron chi connectivity index (χ2n) is 5.36. The summed E-state index contributed by atoms with van der Waals surface area (Å²) in [6, 6.07) is -0.490. The van der Waals surface area contributed by atoms with Gasteiger partial charge in [0.2, 0.25) is 11.8 Å². The normalized spacial score (nSPS) is 20.4. The number of hydrogen-bond donors (Lipinski definition) is 2. The maximum atomic E-state index is 12.5. The van der Waals surface area contributed by atoms with Crippen LogP contribution in [-0.4, -0.2) is 48.4 Å². The quantitative estimate of drug-likeness (QED) is 0.748. The van der Waals surface area contributed by atoms with Gasteiger partial charge in [0, 0.05) is 13.1 Å². The molecule has 0 spiro atoms. The number of rotatable bonds is 6. The van der Waals surface area contributed by atoms with Crippen LogP contribution < -0.4 is 10.6 Å². The summed E-state index contributed by atoms with van der Waals surface area (Å²) < 4.78 is 0. The Labute approximate surface area is 116 Å². The molecule has 1 heterocycles. The molecule has 0 aliphatic carbocycles. The first-order chi connectivity index (χ1) is 9.02. The largest absolute Gasteiger partial charge is 0.355 e. The fourth-order valence-corrected chi connectivity index (χ4v) is 2.67. The molecule has 0 radical (unpaired) electrons. The van der Waals surface area contributed by atoms with Crippen molar-refractivity contribution < 1.29 is 9.59 Å². The second kappa shape index (κ2) is 7.48. The molecule has 1 rings (SSSR count). The molecule has 5 heteroatoms. The molecule has 0 aromatic rings. The Balaban J connectivity index is 2.83. The number of hydrogen-bond acceptors (Lipinski definition) is 3. The van der Waals surface area contributed by atoms with Crippen LogP contribution in [0.5, 0.6) is 0 Å². The maximum Gasteiger partial charge on any atom is 0.243 e. The first-order valence-electron chi connectivity index (χ1n) is 7.34. The van der Waals surface area contributed by atoms with Crippen LogP contribution >= 0.6 is 0 Å². The lowest BCUT2D eigenvalue weighted by molar-refractivity contribution is -0.143. The zero-order chi connectivity index (χ0) is 14.4. The van der Waals surface area contributed by atoms with E-state index >= 15 is 0 Å². The van der Waals surface area contributed by atoms with Gasteiger partial charge in [-0.2, -0.15) is 0 Å². The van der Waals surface area contributed by atoms with Gasteiger partial charge in [-0.05, 0) is 39.2 Å². The molecule has 0 saturated carbocycles. The molecule has 1 saturated heterocycles.